The number of halogens is 1. The smallest absolute Gasteiger partial charge is 0.265 e. The van der Waals surface area contributed by atoms with Crippen molar-refractivity contribution in [1.29, 1.82) is 0 Å². The van der Waals surface area contributed by atoms with Crippen LogP contribution in [0, 0.1) is 5.82 Å². The number of benzene rings is 2. The van der Waals surface area contributed by atoms with Crippen LogP contribution in [-0.4, -0.2) is 37.8 Å². The fourth-order valence-corrected chi connectivity index (χ4v) is 2.61. The van der Waals surface area contributed by atoms with Gasteiger partial charge in [-0.2, -0.15) is 5.10 Å². The number of anilines is 1. The summed E-state index contributed by atoms with van der Waals surface area (Å²) < 4.78 is 24.0. The standard InChI is InChI=1S/C19H18FN3O4/c1-12(13-7-8-16(26-2)14(20)9-13)21-22-18(24)10-23-15-5-3-4-6-17(15)27-11-19(23)25/h3-9H,10-11H2,1-2H3,(H,22,24)/b21-12-. The zero-order valence-electron chi connectivity index (χ0n) is 14.9. The molecule has 0 saturated heterocycles. The highest BCUT2D eigenvalue weighted by atomic mass is 19.1. The van der Waals surface area contributed by atoms with Gasteiger partial charge < -0.3 is 9.47 Å². The molecule has 0 atom stereocenters. The summed E-state index contributed by atoms with van der Waals surface area (Å²) in [7, 11) is 1.38. The van der Waals surface area contributed by atoms with Gasteiger partial charge in [-0.25, -0.2) is 9.82 Å². The number of nitrogens with one attached hydrogen (secondary N) is 1. The minimum Gasteiger partial charge on any atom is -0.494 e. The molecule has 2 aromatic carbocycles. The van der Waals surface area contributed by atoms with Crippen molar-refractivity contribution in [3.8, 4) is 11.5 Å². The number of fused-ring (bicyclic) bond motifs is 1. The highest BCUT2D eigenvalue weighted by molar-refractivity contribution is 6.03. The van der Waals surface area contributed by atoms with Crippen LogP contribution in [0.4, 0.5) is 10.1 Å². The van der Waals surface area contributed by atoms with Crippen LogP contribution in [0.1, 0.15) is 12.5 Å². The highest BCUT2D eigenvalue weighted by Crippen LogP contribution is 2.31. The maximum atomic E-state index is 13.8. The van der Waals surface area contributed by atoms with Crippen molar-refractivity contribution >= 4 is 23.2 Å². The Morgan fingerprint density at radius 1 is 1.33 bits per heavy atom. The first kappa shape index (κ1) is 18.4. The van der Waals surface area contributed by atoms with E-state index in [0.29, 0.717) is 22.7 Å². The van der Waals surface area contributed by atoms with Crippen LogP contribution in [0.5, 0.6) is 11.5 Å². The first-order valence-corrected chi connectivity index (χ1v) is 8.19. The van der Waals surface area contributed by atoms with E-state index in [2.05, 4.69) is 10.5 Å². The Balaban J connectivity index is 1.68. The lowest BCUT2D eigenvalue weighted by Gasteiger charge is -2.28. The predicted molar refractivity (Wildman–Crippen MR) is 97.6 cm³/mol. The second-order valence-electron chi connectivity index (χ2n) is 5.82. The van der Waals surface area contributed by atoms with Crippen molar-refractivity contribution < 1.29 is 23.5 Å². The van der Waals surface area contributed by atoms with Crippen molar-refractivity contribution in [1.82, 2.24) is 5.43 Å². The molecule has 7 nitrogen and oxygen atoms in total. The molecule has 2 aromatic rings. The second kappa shape index (κ2) is 7.86. The van der Waals surface area contributed by atoms with Gasteiger partial charge in [-0.3, -0.25) is 14.5 Å². The zero-order valence-corrected chi connectivity index (χ0v) is 14.9. The molecule has 3 rings (SSSR count). The first-order chi connectivity index (χ1) is 13.0. The number of carbonyl (C=O) groups is 2. The summed E-state index contributed by atoms with van der Waals surface area (Å²) >= 11 is 0. The molecule has 1 N–H and O–H groups in total. The number of amides is 2. The van der Waals surface area contributed by atoms with E-state index in [0.717, 1.165) is 0 Å². The molecule has 0 aliphatic carbocycles. The second-order valence-corrected chi connectivity index (χ2v) is 5.82. The van der Waals surface area contributed by atoms with E-state index in [-0.39, 0.29) is 24.8 Å². The third-order valence-electron chi connectivity index (χ3n) is 4.03. The Labute approximate surface area is 155 Å². The molecule has 0 bridgehead atoms. The van der Waals surface area contributed by atoms with E-state index in [1.807, 2.05) is 0 Å². The number of ether oxygens (including phenoxy) is 2. The quantitative estimate of drug-likeness (QED) is 0.645. The van der Waals surface area contributed by atoms with Crippen molar-refractivity contribution in [3.05, 3.63) is 53.8 Å². The molecule has 1 aliphatic heterocycles. The van der Waals surface area contributed by atoms with Gasteiger partial charge in [0.25, 0.3) is 11.8 Å². The van der Waals surface area contributed by atoms with E-state index in [1.165, 1.54) is 24.1 Å². The lowest BCUT2D eigenvalue weighted by molar-refractivity contribution is -0.125. The summed E-state index contributed by atoms with van der Waals surface area (Å²) in [6.45, 7) is 1.31. The molecular formula is C19H18FN3O4. The predicted octanol–water partition coefficient (Wildman–Crippen LogP) is 2.10. The summed E-state index contributed by atoms with van der Waals surface area (Å²) in [5.41, 5.74) is 3.83. The van der Waals surface area contributed by atoms with Crippen LogP contribution in [0.25, 0.3) is 0 Å². The maximum absolute atomic E-state index is 13.8. The Hall–Kier alpha value is -3.42. The molecule has 0 fully saturated rings. The van der Waals surface area contributed by atoms with Gasteiger partial charge in [-0.05, 0) is 37.3 Å². The highest BCUT2D eigenvalue weighted by Gasteiger charge is 2.26. The molecule has 0 spiro atoms. The summed E-state index contributed by atoms with van der Waals surface area (Å²) in [6, 6.07) is 11.4. The molecule has 1 aliphatic rings. The molecule has 1 heterocycles. The van der Waals surface area contributed by atoms with Crippen molar-refractivity contribution in [2.24, 2.45) is 5.10 Å². The number of carbonyl (C=O) groups excluding carboxylic acids is 2. The number of methoxy groups -OCH3 is 1. The molecular weight excluding hydrogens is 353 g/mol. The average Bonchev–Trinajstić information content (AvgIpc) is 2.68. The molecule has 27 heavy (non-hydrogen) atoms. The minimum atomic E-state index is -0.522. The van der Waals surface area contributed by atoms with Gasteiger partial charge in [0.1, 0.15) is 12.3 Å². The van der Waals surface area contributed by atoms with Crippen molar-refractivity contribution in [2.45, 2.75) is 6.92 Å². The molecule has 0 radical (unpaired) electrons. The molecule has 140 valence electrons. The van der Waals surface area contributed by atoms with Crippen LogP contribution in [0.2, 0.25) is 0 Å². The largest absolute Gasteiger partial charge is 0.494 e. The van der Waals surface area contributed by atoms with Gasteiger partial charge in [0.15, 0.2) is 18.2 Å². The lowest BCUT2D eigenvalue weighted by Crippen LogP contribution is -2.44. The van der Waals surface area contributed by atoms with Crippen LogP contribution in [0.15, 0.2) is 47.6 Å². The van der Waals surface area contributed by atoms with Gasteiger partial charge >= 0.3 is 0 Å². The average molecular weight is 371 g/mol. The van der Waals surface area contributed by atoms with Crippen LogP contribution >= 0.6 is 0 Å². The van der Waals surface area contributed by atoms with Gasteiger partial charge in [0.05, 0.1) is 18.5 Å². The number of para-hydroxylation sites is 2. The van der Waals surface area contributed by atoms with E-state index in [1.54, 1.807) is 37.3 Å². The van der Waals surface area contributed by atoms with E-state index in [9.17, 15) is 14.0 Å². The minimum absolute atomic E-state index is 0.125. The van der Waals surface area contributed by atoms with Crippen molar-refractivity contribution in [2.75, 3.05) is 25.2 Å². The lowest BCUT2D eigenvalue weighted by atomic mass is 10.1. The van der Waals surface area contributed by atoms with E-state index in [4.69, 9.17) is 9.47 Å². The molecule has 0 saturated carbocycles. The SMILES string of the molecule is COc1ccc(/C(C)=N\NC(=O)CN2C(=O)COc3ccccc32)cc1F. The zero-order chi connectivity index (χ0) is 19.4. The fourth-order valence-electron chi connectivity index (χ4n) is 2.61. The van der Waals surface area contributed by atoms with Crippen LogP contribution in [-0.2, 0) is 9.59 Å². The molecule has 2 amide bonds. The normalized spacial score (nSPS) is 13.7. The number of rotatable bonds is 5. The van der Waals surface area contributed by atoms with E-state index < -0.39 is 11.7 Å². The van der Waals surface area contributed by atoms with Gasteiger partial charge in [0, 0.05) is 5.56 Å². The van der Waals surface area contributed by atoms with Gasteiger partial charge in [0.2, 0.25) is 0 Å². The van der Waals surface area contributed by atoms with Crippen LogP contribution < -0.4 is 19.8 Å². The van der Waals surface area contributed by atoms with E-state index >= 15 is 0 Å². The Kier molecular flexibility index (Phi) is 5.35. The monoisotopic (exact) mass is 371 g/mol. The van der Waals surface area contributed by atoms with Crippen molar-refractivity contribution in [3.63, 3.8) is 0 Å². The van der Waals surface area contributed by atoms with Gasteiger partial charge in [-0.15, -0.1) is 0 Å². The maximum Gasteiger partial charge on any atom is 0.265 e. The molecule has 8 heteroatoms. The Morgan fingerprint density at radius 3 is 2.85 bits per heavy atom. The molecule has 0 unspecified atom stereocenters. The number of hydrazone groups is 1. The van der Waals surface area contributed by atoms with Crippen LogP contribution in [0.3, 0.4) is 0 Å². The summed E-state index contributed by atoms with van der Waals surface area (Å²) in [6.07, 6.45) is 0. The first-order valence-electron chi connectivity index (χ1n) is 8.19. The topological polar surface area (TPSA) is 80.2 Å². The fraction of sp³-hybridized carbons (Fsp3) is 0.211. The Bertz CT molecular complexity index is 914. The third kappa shape index (κ3) is 4.05. The summed E-state index contributed by atoms with van der Waals surface area (Å²) in [5.74, 6) is -0.653. The summed E-state index contributed by atoms with van der Waals surface area (Å²) in [4.78, 5) is 25.6. The van der Waals surface area contributed by atoms with Gasteiger partial charge in [-0.1, -0.05) is 12.1 Å². The number of hydrogen-bond acceptors (Lipinski definition) is 5. The molecule has 0 aromatic heterocycles. The third-order valence-corrected chi connectivity index (χ3v) is 4.03. The summed E-state index contributed by atoms with van der Waals surface area (Å²) in [5, 5.41) is 3.98. The number of nitrogens with zero attached hydrogens (tertiary/aromatic N) is 2. The Morgan fingerprint density at radius 2 is 2.11 bits per heavy atom. The number of hydrogen-bond donors (Lipinski definition) is 1.